The Hall–Kier alpha value is -2.32. The number of carbonyl (C=O) groups is 1. The van der Waals surface area contributed by atoms with Crippen LogP contribution >= 0.6 is 23.1 Å². The van der Waals surface area contributed by atoms with Crippen molar-refractivity contribution < 1.29 is 9.53 Å². The van der Waals surface area contributed by atoms with Gasteiger partial charge in [0.25, 0.3) is 5.56 Å². The molecule has 1 amide bonds. The summed E-state index contributed by atoms with van der Waals surface area (Å²) < 4.78 is 6.84. The van der Waals surface area contributed by atoms with Crippen LogP contribution in [-0.4, -0.2) is 40.1 Å². The first-order chi connectivity index (χ1) is 12.6. The molecule has 3 rings (SSSR count). The monoisotopic (exact) mass is 389 g/mol. The van der Waals surface area contributed by atoms with Crippen LogP contribution in [0.1, 0.15) is 11.3 Å². The lowest BCUT2D eigenvalue weighted by atomic mass is 10.2. The number of fused-ring (bicyclic) bond motifs is 1. The maximum Gasteiger partial charge on any atom is 0.258 e. The van der Waals surface area contributed by atoms with Gasteiger partial charge in [0, 0.05) is 42.6 Å². The van der Waals surface area contributed by atoms with Gasteiger partial charge in [0.05, 0.1) is 18.6 Å². The van der Waals surface area contributed by atoms with E-state index in [0.717, 1.165) is 11.3 Å². The molecule has 0 N–H and O–H groups in total. The fourth-order valence-electron chi connectivity index (χ4n) is 2.49. The third-order valence-corrected chi connectivity index (χ3v) is 5.57. The van der Waals surface area contributed by atoms with E-state index in [1.165, 1.54) is 33.6 Å². The van der Waals surface area contributed by atoms with E-state index in [1.54, 1.807) is 25.3 Å². The number of benzene rings is 1. The van der Waals surface area contributed by atoms with Gasteiger partial charge < -0.3 is 9.64 Å². The molecule has 0 aliphatic heterocycles. The number of carbonyl (C=O) groups excluding carboxylic acids is 1. The molecule has 0 saturated carbocycles. The van der Waals surface area contributed by atoms with Gasteiger partial charge in [0.2, 0.25) is 5.91 Å². The van der Waals surface area contributed by atoms with Crippen LogP contribution in [0.15, 0.2) is 46.7 Å². The summed E-state index contributed by atoms with van der Waals surface area (Å²) in [6.07, 6.45) is 1.71. The van der Waals surface area contributed by atoms with E-state index in [4.69, 9.17) is 4.74 Å². The standard InChI is InChI=1S/C18H19N3O3S2/c1-20(10-13-5-3-4-6-15(13)24-2)17(23)12-25-11-14-9-16(22)21-7-8-26-18(21)19-14/h3-9H,10-12H2,1-2H3. The quantitative estimate of drug-likeness (QED) is 0.622. The van der Waals surface area contributed by atoms with Gasteiger partial charge in [-0.2, -0.15) is 0 Å². The lowest BCUT2D eigenvalue weighted by molar-refractivity contribution is -0.127. The predicted octanol–water partition coefficient (Wildman–Crippen LogP) is 2.66. The summed E-state index contributed by atoms with van der Waals surface area (Å²) in [5, 5.41) is 1.83. The van der Waals surface area contributed by atoms with Crippen molar-refractivity contribution >= 4 is 34.0 Å². The Labute approximate surface area is 159 Å². The Morgan fingerprint density at radius 1 is 1.38 bits per heavy atom. The van der Waals surface area contributed by atoms with Crippen LogP contribution in [0.3, 0.4) is 0 Å². The SMILES string of the molecule is COc1ccccc1CN(C)C(=O)CSCc1cc(=O)n2ccsc2n1. The third-order valence-electron chi connectivity index (χ3n) is 3.86. The number of ether oxygens (including phenoxy) is 1. The molecule has 0 aliphatic rings. The van der Waals surface area contributed by atoms with Gasteiger partial charge in [-0.15, -0.1) is 23.1 Å². The van der Waals surface area contributed by atoms with Crippen LogP contribution in [0.5, 0.6) is 5.75 Å². The highest BCUT2D eigenvalue weighted by molar-refractivity contribution is 7.99. The molecule has 0 radical (unpaired) electrons. The Morgan fingerprint density at radius 2 is 2.19 bits per heavy atom. The number of aromatic nitrogens is 2. The number of amides is 1. The molecule has 0 unspecified atom stereocenters. The molecule has 0 fully saturated rings. The zero-order valence-corrected chi connectivity index (χ0v) is 16.2. The molecule has 0 saturated heterocycles. The first-order valence-corrected chi connectivity index (χ1v) is 10.0. The Kier molecular flexibility index (Phi) is 5.95. The second-order valence-corrected chi connectivity index (χ2v) is 7.55. The molecule has 26 heavy (non-hydrogen) atoms. The van der Waals surface area contributed by atoms with E-state index in [-0.39, 0.29) is 11.5 Å². The smallest absolute Gasteiger partial charge is 0.258 e. The summed E-state index contributed by atoms with van der Waals surface area (Å²) in [5.74, 6) is 1.65. The van der Waals surface area contributed by atoms with Crippen LogP contribution in [0.25, 0.3) is 4.96 Å². The maximum atomic E-state index is 12.4. The summed E-state index contributed by atoms with van der Waals surface area (Å²) in [6, 6.07) is 9.18. The van der Waals surface area contributed by atoms with E-state index < -0.39 is 0 Å². The van der Waals surface area contributed by atoms with Gasteiger partial charge in [-0.3, -0.25) is 14.0 Å². The minimum Gasteiger partial charge on any atom is -0.496 e. The van der Waals surface area contributed by atoms with E-state index >= 15 is 0 Å². The highest BCUT2D eigenvalue weighted by Gasteiger charge is 2.12. The number of hydrogen-bond donors (Lipinski definition) is 0. The van der Waals surface area contributed by atoms with Crippen molar-refractivity contribution in [3.05, 3.63) is 63.5 Å². The van der Waals surface area contributed by atoms with Crippen LogP contribution in [-0.2, 0) is 17.1 Å². The van der Waals surface area contributed by atoms with Gasteiger partial charge >= 0.3 is 0 Å². The van der Waals surface area contributed by atoms with Gasteiger partial charge in [-0.1, -0.05) is 18.2 Å². The van der Waals surface area contributed by atoms with E-state index in [0.29, 0.717) is 28.7 Å². The van der Waals surface area contributed by atoms with Gasteiger partial charge in [-0.05, 0) is 6.07 Å². The lowest BCUT2D eigenvalue weighted by Gasteiger charge is -2.18. The first kappa shape index (κ1) is 18.5. The fourth-order valence-corrected chi connectivity index (χ4v) is 4.08. The fraction of sp³-hybridized carbons (Fsp3) is 0.278. The van der Waals surface area contributed by atoms with Crippen molar-refractivity contribution in [1.82, 2.24) is 14.3 Å². The Balaban J connectivity index is 1.55. The molecule has 2 aromatic heterocycles. The average Bonchev–Trinajstić information content (AvgIpc) is 3.11. The van der Waals surface area contributed by atoms with Crippen LogP contribution in [0, 0.1) is 0 Å². The molecule has 0 spiro atoms. The van der Waals surface area contributed by atoms with Crippen molar-refractivity contribution in [1.29, 1.82) is 0 Å². The van der Waals surface area contributed by atoms with Crippen molar-refractivity contribution in [3.63, 3.8) is 0 Å². The van der Waals surface area contributed by atoms with Crippen molar-refractivity contribution in [2.24, 2.45) is 0 Å². The second kappa shape index (κ2) is 8.37. The molecule has 2 heterocycles. The summed E-state index contributed by atoms with van der Waals surface area (Å²) in [6.45, 7) is 0.490. The normalized spacial score (nSPS) is 10.8. The molecular weight excluding hydrogens is 370 g/mol. The first-order valence-electron chi connectivity index (χ1n) is 7.98. The second-order valence-electron chi connectivity index (χ2n) is 5.70. The van der Waals surface area contributed by atoms with E-state index in [1.807, 2.05) is 29.6 Å². The minimum atomic E-state index is -0.0912. The minimum absolute atomic E-state index is 0.0230. The summed E-state index contributed by atoms with van der Waals surface area (Å²) >= 11 is 2.88. The lowest BCUT2D eigenvalue weighted by Crippen LogP contribution is -2.28. The zero-order valence-electron chi connectivity index (χ0n) is 14.5. The molecular formula is C18H19N3O3S2. The number of methoxy groups -OCH3 is 1. The van der Waals surface area contributed by atoms with Crippen LogP contribution in [0.2, 0.25) is 0 Å². The third kappa shape index (κ3) is 4.25. The Bertz CT molecular complexity index is 967. The predicted molar refractivity (Wildman–Crippen MR) is 105 cm³/mol. The summed E-state index contributed by atoms with van der Waals surface area (Å²) in [4.78, 5) is 31.1. The number of para-hydroxylation sites is 1. The summed E-state index contributed by atoms with van der Waals surface area (Å²) in [7, 11) is 3.40. The number of rotatable bonds is 7. The Morgan fingerprint density at radius 3 is 3.00 bits per heavy atom. The molecule has 3 aromatic rings. The topological polar surface area (TPSA) is 63.9 Å². The van der Waals surface area contributed by atoms with Crippen LogP contribution < -0.4 is 10.3 Å². The molecule has 0 bridgehead atoms. The van der Waals surface area contributed by atoms with Crippen molar-refractivity contribution in [2.45, 2.75) is 12.3 Å². The molecule has 1 aromatic carbocycles. The number of thioether (sulfide) groups is 1. The molecule has 0 atom stereocenters. The van der Waals surface area contributed by atoms with Gasteiger partial charge in [0.1, 0.15) is 5.75 Å². The number of nitrogens with zero attached hydrogens (tertiary/aromatic N) is 3. The maximum absolute atomic E-state index is 12.4. The van der Waals surface area contributed by atoms with Crippen molar-refractivity contribution in [3.8, 4) is 5.75 Å². The molecule has 8 heteroatoms. The average molecular weight is 390 g/mol. The van der Waals surface area contributed by atoms with E-state index in [2.05, 4.69) is 4.98 Å². The number of thiazole rings is 1. The highest BCUT2D eigenvalue weighted by Crippen LogP contribution is 2.19. The van der Waals surface area contributed by atoms with E-state index in [9.17, 15) is 9.59 Å². The van der Waals surface area contributed by atoms with Crippen molar-refractivity contribution in [2.75, 3.05) is 19.9 Å². The highest BCUT2D eigenvalue weighted by atomic mass is 32.2. The molecule has 136 valence electrons. The zero-order chi connectivity index (χ0) is 18.5. The van der Waals surface area contributed by atoms with Gasteiger partial charge in [-0.25, -0.2) is 4.98 Å². The van der Waals surface area contributed by atoms with Gasteiger partial charge in [0.15, 0.2) is 4.96 Å². The molecule has 6 nitrogen and oxygen atoms in total. The summed E-state index contributed by atoms with van der Waals surface area (Å²) in [5.41, 5.74) is 1.57. The molecule has 0 aliphatic carbocycles. The largest absolute Gasteiger partial charge is 0.496 e. The number of hydrogen-bond acceptors (Lipinski definition) is 6. The van der Waals surface area contributed by atoms with Crippen LogP contribution in [0.4, 0.5) is 0 Å².